The standard InChI is InChI=1S/C17H21Cl2NO2/c1-10(14-7-11-2-3-12(14)6-11)20-17(21)9-22-16-5-4-13(18)8-15(16)19/h4-5,8,10-12,14H,2-3,6-7,9H2,1H3,(H,20,21)/t10-,11+,12-,14+/m0/s1. The highest BCUT2D eigenvalue weighted by molar-refractivity contribution is 6.35. The van der Waals surface area contributed by atoms with Gasteiger partial charge in [0.1, 0.15) is 5.75 Å². The molecule has 1 aromatic rings. The lowest BCUT2D eigenvalue weighted by molar-refractivity contribution is -0.124. The van der Waals surface area contributed by atoms with Gasteiger partial charge in [0.2, 0.25) is 0 Å². The van der Waals surface area contributed by atoms with Crippen molar-refractivity contribution in [3.63, 3.8) is 0 Å². The van der Waals surface area contributed by atoms with Crippen LogP contribution in [0.15, 0.2) is 18.2 Å². The van der Waals surface area contributed by atoms with E-state index in [4.69, 9.17) is 27.9 Å². The van der Waals surface area contributed by atoms with Crippen LogP contribution >= 0.6 is 23.2 Å². The van der Waals surface area contributed by atoms with Gasteiger partial charge in [-0.15, -0.1) is 0 Å². The Morgan fingerprint density at radius 1 is 1.36 bits per heavy atom. The number of nitrogens with one attached hydrogen (secondary N) is 1. The zero-order valence-electron chi connectivity index (χ0n) is 12.6. The SMILES string of the molecule is C[C@H](NC(=O)COc1ccc(Cl)cc1Cl)[C@H]1C[C@@H]2CC[C@H]1C2. The van der Waals surface area contributed by atoms with E-state index in [1.54, 1.807) is 18.2 Å². The van der Waals surface area contributed by atoms with Crippen LogP contribution in [0.2, 0.25) is 10.0 Å². The zero-order valence-corrected chi connectivity index (χ0v) is 14.2. The van der Waals surface area contributed by atoms with Crippen molar-refractivity contribution in [1.82, 2.24) is 5.32 Å². The largest absolute Gasteiger partial charge is 0.482 e. The summed E-state index contributed by atoms with van der Waals surface area (Å²) in [5, 5.41) is 4.04. The molecule has 2 fully saturated rings. The van der Waals surface area contributed by atoms with Crippen molar-refractivity contribution >= 4 is 29.1 Å². The summed E-state index contributed by atoms with van der Waals surface area (Å²) in [6, 6.07) is 5.19. The van der Waals surface area contributed by atoms with Crippen molar-refractivity contribution in [3.8, 4) is 5.75 Å². The number of carbonyl (C=O) groups excluding carboxylic acids is 1. The lowest BCUT2D eigenvalue weighted by Gasteiger charge is -2.28. The first-order valence-electron chi connectivity index (χ1n) is 7.90. The Hall–Kier alpha value is -0.930. The minimum atomic E-state index is -0.0960. The van der Waals surface area contributed by atoms with E-state index in [1.807, 2.05) is 0 Å². The molecule has 3 rings (SSSR count). The molecule has 2 aliphatic rings. The van der Waals surface area contributed by atoms with Gasteiger partial charge in [-0.2, -0.15) is 0 Å². The number of carbonyl (C=O) groups is 1. The molecular weight excluding hydrogens is 321 g/mol. The highest BCUT2D eigenvalue weighted by Crippen LogP contribution is 2.49. The first-order chi connectivity index (χ1) is 10.5. The molecule has 120 valence electrons. The van der Waals surface area contributed by atoms with Crippen molar-refractivity contribution < 1.29 is 9.53 Å². The summed E-state index contributed by atoms with van der Waals surface area (Å²) in [6.45, 7) is 2.09. The predicted molar refractivity (Wildman–Crippen MR) is 88.5 cm³/mol. The van der Waals surface area contributed by atoms with Gasteiger partial charge in [0, 0.05) is 11.1 Å². The third kappa shape index (κ3) is 3.52. The van der Waals surface area contributed by atoms with Crippen LogP contribution in [0.1, 0.15) is 32.6 Å². The molecule has 0 unspecified atom stereocenters. The minimum absolute atomic E-state index is 0.0213. The van der Waals surface area contributed by atoms with Crippen LogP contribution in [-0.2, 0) is 4.79 Å². The van der Waals surface area contributed by atoms with E-state index in [-0.39, 0.29) is 18.6 Å². The molecule has 22 heavy (non-hydrogen) atoms. The predicted octanol–water partition coefficient (Wildman–Crippen LogP) is 4.31. The monoisotopic (exact) mass is 341 g/mol. The second-order valence-corrected chi connectivity index (χ2v) is 7.40. The Morgan fingerprint density at radius 2 is 2.18 bits per heavy atom. The molecule has 2 saturated carbocycles. The lowest BCUT2D eigenvalue weighted by Crippen LogP contribution is -2.42. The maximum Gasteiger partial charge on any atom is 0.258 e. The molecule has 0 aliphatic heterocycles. The molecule has 0 heterocycles. The third-order valence-corrected chi connectivity index (χ3v) is 5.61. The molecule has 0 saturated heterocycles. The number of benzene rings is 1. The van der Waals surface area contributed by atoms with Crippen molar-refractivity contribution in [2.75, 3.05) is 6.61 Å². The van der Waals surface area contributed by atoms with Crippen LogP contribution in [0.4, 0.5) is 0 Å². The molecule has 3 nitrogen and oxygen atoms in total. The summed E-state index contributed by atoms with van der Waals surface area (Å²) >= 11 is 11.9. The second-order valence-electron chi connectivity index (χ2n) is 6.56. The Kier molecular flexibility index (Phi) is 4.84. The number of hydrogen-bond acceptors (Lipinski definition) is 2. The number of ether oxygens (including phenoxy) is 1. The van der Waals surface area contributed by atoms with Crippen molar-refractivity contribution in [1.29, 1.82) is 0 Å². The fourth-order valence-corrected chi connectivity index (χ4v) is 4.51. The minimum Gasteiger partial charge on any atom is -0.482 e. The molecule has 4 atom stereocenters. The second kappa shape index (κ2) is 6.67. The van der Waals surface area contributed by atoms with Gasteiger partial charge < -0.3 is 10.1 Å². The Balaban J connectivity index is 1.48. The smallest absolute Gasteiger partial charge is 0.258 e. The molecule has 1 amide bonds. The van der Waals surface area contributed by atoms with E-state index in [0.717, 1.165) is 11.8 Å². The fraction of sp³-hybridized carbons (Fsp3) is 0.588. The summed E-state index contributed by atoms with van der Waals surface area (Å²) in [5.41, 5.74) is 0. The van der Waals surface area contributed by atoms with E-state index in [1.165, 1.54) is 25.7 Å². The molecular formula is C17H21Cl2NO2. The maximum atomic E-state index is 12.1. The third-order valence-electron chi connectivity index (χ3n) is 5.08. The average molecular weight is 342 g/mol. The molecule has 0 radical (unpaired) electrons. The molecule has 2 aliphatic carbocycles. The summed E-state index contributed by atoms with van der Waals surface area (Å²) < 4.78 is 5.48. The maximum absolute atomic E-state index is 12.1. The van der Waals surface area contributed by atoms with Crippen LogP contribution in [0.25, 0.3) is 0 Å². The van der Waals surface area contributed by atoms with Gasteiger partial charge in [-0.1, -0.05) is 29.6 Å². The lowest BCUT2D eigenvalue weighted by atomic mass is 9.84. The van der Waals surface area contributed by atoms with Gasteiger partial charge in [-0.25, -0.2) is 0 Å². The number of hydrogen-bond donors (Lipinski definition) is 1. The van der Waals surface area contributed by atoms with Gasteiger partial charge in [0.15, 0.2) is 6.61 Å². The molecule has 5 heteroatoms. The Morgan fingerprint density at radius 3 is 2.82 bits per heavy atom. The van der Waals surface area contributed by atoms with E-state index in [2.05, 4.69) is 12.2 Å². The van der Waals surface area contributed by atoms with Crippen molar-refractivity contribution in [3.05, 3.63) is 28.2 Å². The number of amides is 1. The quantitative estimate of drug-likeness (QED) is 0.866. The fourth-order valence-electron chi connectivity index (χ4n) is 4.04. The Labute approximate surface area is 141 Å². The first-order valence-corrected chi connectivity index (χ1v) is 8.65. The summed E-state index contributed by atoms with van der Waals surface area (Å²) in [5.74, 6) is 2.70. The topological polar surface area (TPSA) is 38.3 Å². The van der Waals surface area contributed by atoms with Crippen LogP contribution in [0.5, 0.6) is 5.75 Å². The first kappa shape index (κ1) is 15.9. The van der Waals surface area contributed by atoms with Gasteiger partial charge in [0.05, 0.1) is 5.02 Å². The van der Waals surface area contributed by atoms with E-state index < -0.39 is 0 Å². The Bertz CT molecular complexity index is 564. The van der Waals surface area contributed by atoms with Crippen molar-refractivity contribution in [2.45, 2.75) is 38.6 Å². The van der Waals surface area contributed by atoms with Gasteiger partial charge in [-0.3, -0.25) is 4.79 Å². The van der Waals surface area contributed by atoms with Gasteiger partial charge in [0.25, 0.3) is 5.91 Å². The van der Waals surface area contributed by atoms with Crippen molar-refractivity contribution in [2.24, 2.45) is 17.8 Å². The molecule has 0 aromatic heterocycles. The number of fused-ring (bicyclic) bond motifs is 2. The van der Waals surface area contributed by atoms with E-state index >= 15 is 0 Å². The molecule has 1 aromatic carbocycles. The summed E-state index contributed by atoms with van der Waals surface area (Å²) in [6.07, 6.45) is 5.31. The zero-order chi connectivity index (χ0) is 15.7. The van der Waals surface area contributed by atoms with Crippen LogP contribution in [0, 0.1) is 17.8 Å². The van der Waals surface area contributed by atoms with Crippen LogP contribution in [0.3, 0.4) is 0 Å². The molecule has 2 bridgehead atoms. The normalized spacial score (nSPS) is 27.7. The molecule has 0 spiro atoms. The van der Waals surface area contributed by atoms with E-state index in [0.29, 0.717) is 21.7 Å². The summed E-state index contributed by atoms with van der Waals surface area (Å²) in [4.78, 5) is 12.1. The number of rotatable bonds is 5. The summed E-state index contributed by atoms with van der Waals surface area (Å²) in [7, 11) is 0. The highest BCUT2D eigenvalue weighted by atomic mass is 35.5. The number of halogens is 2. The van der Waals surface area contributed by atoms with Crippen LogP contribution < -0.4 is 10.1 Å². The highest BCUT2D eigenvalue weighted by Gasteiger charge is 2.42. The van der Waals surface area contributed by atoms with E-state index in [9.17, 15) is 4.79 Å². The van der Waals surface area contributed by atoms with Gasteiger partial charge in [-0.05, 0) is 62.1 Å². The molecule has 1 N–H and O–H groups in total. The van der Waals surface area contributed by atoms with Gasteiger partial charge >= 0.3 is 0 Å². The van der Waals surface area contributed by atoms with Crippen LogP contribution in [-0.4, -0.2) is 18.6 Å². The average Bonchev–Trinajstić information content (AvgIpc) is 3.09.